The molecule has 2 aromatic heterocycles. The van der Waals surface area contributed by atoms with Gasteiger partial charge in [-0.25, -0.2) is 14.8 Å². The Balaban J connectivity index is 2.19. The van der Waals surface area contributed by atoms with Crippen LogP contribution in [0.15, 0.2) is 33.5 Å². The number of carbonyl (C=O) groups excluding carboxylic acids is 1. The minimum atomic E-state index is -0.500. The van der Waals surface area contributed by atoms with E-state index in [2.05, 4.69) is 15.0 Å². The van der Waals surface area contributed by atoms with Crippen molar-refractivity contribution in [2.45, 2.75) is 13.8 Å². The van der Waals surface area contributed by atoms with E-state index in [4.69, 9.17) is 4.42 Å². The molecule has 3 rings (SSSR count). The third-order valence-electron chi connectivity index (χ3n) is 2.88. The third kappa shape index (κ3) is 2.11. The molecule has 6 heteroatoms. The third-order valence-corrected chi connectivity index (χ3v) is 2.88. The van der Waals surface area contributed by atoms with E-state index in [0.29, 0.717) is 22.5 Å². The van der Waals surface area contributed by atoms with E-state index < -0.39 is 5.76 Å². The van der Waals surface area contributed by atoms with Crippen LogP contribution in [-0.4, -0.2) is 20.7 Å². The summed E-state index contributed by atoms with van der Waals surface area (Å²) in [5.41, 5.74) is 3.19. The van der Waals surface area contributed by atoms with Gasteiger partial charge in [0.25, 0.3) is 0 Å². The van der Waals surface area contributed by atoms with E-state index in [1.165, 1.54) is 6.92 Å². The van der Waals surface area contributed by atoms with E-state index in [0.717, 1.165) is 5.56 Å². The van der Waals surface area contributed by atoms with Crippen LogP contribution >= 0.6 is 0 Å². The number of fused-ring (bicyclic) bond motifs is 1. The highest BCUT2D eigenvalue weighted by Gasteiger charge is 2.10. The Labute approximate surface area is 113 Å². The predicted octanol–water partition coefficient (Wildman–Crippen LogP) is 2.09. The second-order valence-electron chi connectivity index (χ2n) is 4.50. The molecule has 100 valence electrons. The molecule has 0 aliphatic carbocycles. The van der Waals surface area contributed by atoms with Gasteiger partial charge in [0, 0.05) is 18.2 Å². The summed E-state index contributed by atoms with van der Waals surface area (Å²) in [6.45, 7) is 3.23. The zero-order chi connectivity index (χ0) is 14.3. The van der Waals surface area contributed by atoms with Crippen LogP contribution in [0.3, 0.4) is 0 Å². The molecule has 0 aliphatic heterocycles. The lowest BCUT2D eigenvalue weighted by molar-refractivity contribution is 0.100. The standard InChI is InChI=1S/C14H11N3O3/c1-7-5-10(16-13(15-7)8(2)18)9-3-4-12-11(6-9)17-14(19)20-12/h3-6H,1-2H3,(H,17,19). The van der Waals surface area contributed by atoms with Crippen LogP contribution in [0.25, 0.3) is 22.4 Å². The first kappa shape index (κ1) is 12.3. The monoisotopic (exact) mass is 269 g/mol. The van der Waals surface area contributed by atoms with Crippen LogP contribution in [0.2, 0.25) is 0 Å². The number of hydrogen-bond acceptors (Lipinski definition) is 5. The van der Waals surface area contributed by atoms with Gasteiger partial charge in [-0.3, -0.25) is 9.78 Å². The van der Waals surface area contributed by atoms with Crippen molar-refractivity contribution < 1.29 is 9.21 Å². The fraction of sp³-hybridized carbons (Fsp3) is 0.143. The minimum absolute atomic E-state index is 0.181. The van der Waals surface area contributed by atoms with Crippen molar-refractivity contribution in [3.05, 3.63) is 46.3 Å². The summed E-state index contributed by atoms with van der Waals surface area (Å²) in [5.74, 6) is -0.506. The minimum Gasteiger partial charge on any atom is -0.408 e. The quantitative estimate of drug-likeness (QED) is 0.719. The van der Waals surface area contributed by atoms with Crippen molar-refractivity contribution in [1.29, 1.82) is 0 Å². The number of aromatic nitrogens is 3. The highest BCUT2D eigenvalue weighted by atomic mass is 16.4. The molecule has 0 fully saturated rings. The predicted molar refractivity (Wildman–Crippen MR) is 72.6 cm³/mol. The number of benzene rings is 1. The average molecular weight is 269 g/mol. The smallest absolute Gasteiger partial charge is 0.408 e. The van der Waals surface area contributed by atoms with E-state index in [-0.39, 0.29) is 11.6 Å². The number of rotatable bonds is 2. The first-order chi connectivity index (χ1) is 9.52. The van der Waals surface area contributed by atoms with Crippen molar-refractivity contribution in [2.24, 2.45) is 0 Å². The maximum absolute atomic E-state index is 11.4. The number of hydrogen-bond donors (Lipinski definition) is 1. The molecule has 2 heterocycles. The summed E-state index contributed by atoms with van der Waals surface area (Å²) in [6.07, 6.45) is 0. The maximum atomic E-state index is 11.4. The van der Waals surface area contributed by atoms with E-state index in [1.807, 2.05) is 0 Å². The molecule has 6 nitrogen and oxygen atoms in total. The highest BCUT2D eigenvalue weighted by Crippen LogP contribution is 2.22. The van der Waals surface area contributed by atoms with Gasteiger partial charge in [0.2, 0.25) is 0 Å². The largest absolute Gasteiger partial charge is 0.417 e. The summed E-state index contributed by atoms with van der Waals surface area (Å²) < 4.78 is 4.95. The molecule has 3 aromatic rings. The highest BCUT2D eigenvalue weighted by molar-refractivity contribution is 5.91. The van der Waals surface area contributed by atoms with Gasteiger partial charge < -0.3 is 4.42 Å². The van der Waals surface area contributed by atoms with Gasteiger partial charge in [0.05, 0.1) is 11.2 Å². The lowest BCUT2D eigenvalue weighted by Crippen LogP contribution is -2.03. The van der Waals surface area contributed by atoms with Gasteiger partial charge in [-0.1, -0.05) is 0 Å². The van der Waals surface area contributed by atoms with Crippen LogP contribution in [0.5, 0.6) is 0 Å². The normalized spacial score (nSPS) is 10.9. The lowest BCUT2D eigenvalue weighted by Gasteiger charge is -2.04. The summed E-state index contributed by atoms with van der Waals surface area (Å²) >= 11 is 0. The summed E-state index contributed by atoms with van der Waals surface area (Å²) in [4.78, 5) is 33.5. The molecule has 0 saturated carbocycles. The molecular weight excluding hydrogens is 258 g/mol. The number of nitrogens with zero attached hydrogens (tertiary/aromatic N) is 2. The van der Waals surface area contributed by atoms with Gasteiger partial charge in [0.15, 0.2) is 17.2 Å². The van der Waals surface area contributed by atoms with E-state index >= 15 is 0 Å². The van der Waals surface area contributed by atoms with Crippen molar-refractivity contribution >= 4 is 16.9 Å². The Kier molecular flexibility index (Phi) is 2.71. The first-order valence-electron chi connectivity index (χ1n) is 6.03. The van der Waals surface area contributed by atoms with Crippen LogP contribution in [0.1, 0.15) is 23.2 Å². The van der Waals surface area contributed by atoms with Gasteiger partial charge in [-0.05, 0) is 31.2 Å². The molecule has 1 aromatic carbocycles. The van der Waals surface area contributed by atoms with Gasteiger partial charge >= 0.3 is 5.76 Å². The number of nitrogens with one attached hydrogen (secondary N) is 1. The maximum Gasteiger partial charge on any atom is 0.417 e. The number of carbonyl (C=O) groups is 1. The van der Waals surface area contributed by atoms with Crippen LogP contribution < -0.4 is 5.76 Å². The second kappa shape index (κ2) is 4.41. The van der Waals surface area contributed by atoms with Crippen LogP contribution in [0, 0.1) is 6.92 Å². The molecule has 0 radical (unpaired) electrons. The second-order valence-corrected chi connectivity index (χ2v) is 4.50. The number of aryl methyl sites for hydroxylation is 1. The fourth-order valence-corrected chi connectivity index (χ4v) is 1.99. The molecule has 0 spiro atoms. The number of oxazole rings is 1. The molecule has 1 N–H and O–H groups in total. The SMILES string of the molecule is CC(=O)c1nc(C)cc(-c2ccc3oc(=O)[nH]c3c2)n1. The topological polar surface area (TPSA) is 88.9 Å². The number of aromatic amines is 1. The van der Waals surface area contributed by atoms with Crippen LogP contribution in [-0.2, 0) is 0 Å². The summed E-state index contributed by atoms with van der Waals surface area (Å²) in [6, 6.07) is 7.01. The molecule has 0 bridgehead atoms. The summed E-state index contributed by atoms with van der Waals surface area (Å²) in [7, 11) is 0. The lowest BCUT2D eigenvalue weighted by atomic mass is 10.1. The van der Waals surface area contributed by atoms with Crippen molar-refractivity contribution in [2.75, 3.05) is 0 Å². The molecule has 0 aliphatic rings. The van der Waals surface area contributed by atoms with E-state index in [9.17, 15) is 9.59 Å². The Hall–Kier alpha value is -2.76. The molecule has 0 unspecified atom stereocenters. The number of ketones is 1. The zero-order valence-electron chi connectivity index (χ0n) is 10.9. The molecule has 0 saturated heterocycles. The number of Topliss-reactive ketones (excluding diaryl/α,β-unsaturated/α-hetero) is 1. The Bertz CT molecular complexity index is 877. The molecule has 20 heavy (non-hydrogen) atoms. The summed E-state index contributed by atoms with van der Waals surface area (Å²) in [5, 5.41) is 0. The van der Waals surface area contributed by atoms with Crippen molar-refractivity contribution in [1.82, 2.24) is 15.0 Å². The van der Waals surface area contributed by atoms with Gasteiger partial charge in [-0.2, -0.15) is 0 Å². The Morgan fingerprint density at radius 2 is 2.05 bits per heavy atom. The molecular formula is C14H11N3O3. The van der Waals surface area contributed by atoms with Gasteiger partial charge in [-0.15, -0.1) is 0 Å². The molecule has 0 amide bonds. The molecule has 0 atom stereocenters. The number of H-pyrrole nitrogens is 1. The fourth-order valence-electron chi connectivity index (χ4n) is 1.99. The Morgan fingerprint density at radius 1 is 1.25 bits per heavy atom. The average Bonchev–Trinajstić information content (AvgIpc) is 2.76. The van der Waals surface area contributed by atoms with Crippen LogP contribution in [0.4, 0.5) is 0 Å². The first-order valence-corrected chi connectivity index (χ1v) is 6.03. The van der Waals surface area contributed by atoms with Crippen molar-refractivity contribution in [3.8, 4) is 11.3 Å². The Morgan fingerprint density at radius 3 is 2.80 bits per heavy atom. The van der Waals surface area contributed by atoms with Gasteiger partial charge in [0.1, 0.15) is 0 Å². The zero-order valence-corrected chi connectivity index (χ0v) is 10.9. The van der Waals surface area contributed by atoms with E-state index in [1.54, 1.807) is 31.2 Å². The van der Waals surface area contributed by atoms with Crippen molar-refractivity contribution in [3.63, 3.8) is 0 Å².